The van der Waals surface area contributed by atoms with E-state index < -0.39 is 10.0 Å². The van der Waals surface area contributed by atoms with E-state index in [0.29, 0.717) is 6.54 Å². The van der Waals surface area contributed by atoms with Crippen LogP contribution in [0.25, 0.3) is 0 Å². The van der Waals surface area contributed by atoms with Crippen molar-refractivity contribution in [3.63, 3.8) is 0 Å². The van der Waals surface area contributed by atoms with Crippen LogP contribution in [0.4, 0.5) is 5.69 Å². The van der Waals surface area contributed by atoms with E-state index in [0.717, 1.165) is 11.3 Å². The van der Waals surface area contributed by atoms with E-state index in [1.54, 1.807) is 0 Å². The van der Waals surface area contributed by atoms with Crippen LogP contribution in [0.3, 0.4) is 0 Å². The third-order valence-corrected chi connectivity index (χ3v) is 4.34. The SMILES string of the molecule is C#CCS(=O)(=O)NCC(c1ccc(N(C)C)cc1)N(C)C. The highest BCUT2D eigenvalue weighted by atomic mass is 32.2. The number of likely N-dealkylation sites (N-methyl/N-ethyl adjacent to an activating group) is 1. The van der Waals surface area contributed by atoms with Crippen molar-refractivity contribution in [1.29, 1.82) is 0 Å². The Bertz CT molecular complexity index is 586. The minimum atomic E-state index is -3.41. The Balaban J connectivity index is 2.85. The quantitative estimate of drug-likeness (QED) is 0.761. The van der Waals surface area contributed by atoms with Gasteiger partial charge in [0.05, 0.1) is 0 Å². The van der Waals surface area contributed by atoms with Crippen LogP contribution in [0.5, 0.6) is 0 Å². The second-order valence-corrected chi connectivity index (χ2v) is 7.08. The van der Waals surface area contributed by atoms with E-state index in [2.05, 4.69) is 10.6 Å². The van der Waals surface area contributed by atoms with Gasteiger partial charge in [-0.15, -0.1) is 6.42 Å². The lowest BCUT2D eigenvalue weighted by Crippen LogP contribution is -2.35. The van der Waals surface area contributed by atoms with Gasteiger partial charge < -0.3 is 9.80 Å². The lowest BCUT2D eigenvalue weighted by atomic mass is 10.1. The molecule has 1 aromatic carbocycles. The fourth-order valence-corrected chi connectivity index (χ4v) is 2.69. The molecule has 0 fully saturated rings. The van der Waals surface area contributed by atoms with Crippen molar-refractivity contribution in [2.45, 2.75) is 6.04 Å². The van der Waals surface area contributed by atoms with Crippen molar-refractivity contribution < 1.29 is 8.42 Å². The molecule has 0 saturated heterocycles. The Morgan fingerprint density at radius 1 is 1.19 bits per heavy atom. The zero-order valence-corrected chi connectivity index (χ0v) is 13.8. The van der Waals surface area contributed by atoms with Gasteiger partial charge in [0.15, 0.2) is 0 Å². The molecule has 5 nitrogen and oxygen atoms in total. The van der Waals surface area contributed by atoms with Gasteiger partial charge in [-0.05, 0) is 31.8 Å². The smallest absolute Gasteiger partial charge is 0.222 e. The number of anilines is 1. The van der Waals surface area contributed by atoms with Crippen molar-refractivity contribution in [2.75, 3.05) is 45.4 Å². The summed E-state index contributed by atoms with van der Waals surface area (Å²) in [5.41, 5.74) is 2.15. The van der Waals surface area contributed by atoms with Gasteiger partial charge >= 0.3 is 0 Å². The van der Waals surface area contributed by atoms with E-state index in [9.17, 15) is 8.42 Å². The Hall–Kier alpha value is -1.55. The topological polar surface area (TPSA) is 52.7 Å². The van der Waals surface area contributed by atoms with Gasteiger partial charge in [0.25, 0.3) is 0 Å². The molecule has 6 heteroatoms. The molecule has 1 unspecified atom stereocenters. The zero-order chi connectivity index (χ0) is 16.0. The molecule has 1 N–H and O–H groups in total. The first kappa shape index (κ1) is 17.5. The predicted octanol–water partition coefficient (Wildman–Crippen LogP) is 0.908. The molecule has 0 saturated carbocycles. The molecular weight excluding hydrogens is 286 g/mol. The maximum atomic E-state index is 11.7. The number of nitrogens with one attached hydrogen (secondary N) is 1. The summed E-state index contributed by atoms with van der Waals surface area (Å²) < 4.78 is 25.9. The number of hydrogen-bond donors (Lipinski definition) is 1. The molecule has 0 aromatic heterocycles. The van der Waals surface area contributed by atoms with E-state index >= 15 is 0 Å². The number of terminal acetylenes is 1. The van der Waals surface area contributed by atoms with Crippen LogP contribution in [-0.4, -0.2) is 53.8 Å². The molecule has 0 aliphatic carbocycles. The fourth-order valence-electron chi connectivity index (χ4n) is 1.96. The van der Waals surface area contributed by atoms with E-state index in [4.69, 9.17) is 6.42 Å². The monoisotopic (exact) mass is 309 g/mol. The van der Waals surface area contributed by atoms with Crippen LogP contribution >= 0.6 is 0 Å². The van der Waals surface area contributed by atoms with Crippen LogP contribution in [-0.2, 0) is 10.0 Å². The van der Waals surface area contributed by atoms with Gasteiger partial charge in [0.2, 0.25) is 10.0 Å². The average Bonchev–Trinajstić information content (AvgIpc) is 2.38. The largest absolute Gasteiger partial charge is 0.378 e. The third kappa shape index (κ3) is 5.38. The predicted molar refractivity (Wildman–Crippen MR) is 87.8 cm³/mol. The zero-order valence-electron chi connectivity index (χ0n) is 13.0. The van der Waals surface area contributed by atoms with Gasteiger partial charge in [0.1, 0.15) is 5.75 Å². The molecule has 0 aliphatic heterocycles. The maximum Gasteiger partial charge on any atom is 0.222 e. The summed E-state index contributed by atoms with van der Waals surface area (Å²) in [7, 11) is 4.38. The van der Waals surface area contributed by atoms with Crippen molar-refractivity contribution in [3.05, 3.63) is 29.8 Å². The Morgan fingerprint density at radius 3 is 2.19 bits per heavy atom. The first-order valence-corrected chi connectivity index (χ1v) is 8.26. The Kier molecular flexibility index (Phi) is 6.21. The lowest BCUT2D eigenvalue weighted by Gasteiger charge is -2.25. The number of nitrogens with zero attached hydrogens (tertiary/aromatic N) is 2. The van der Waals surface area contributed by atoms with Crippen LogP contribution in [0.2, 0.25) is 0 Å². The molecular formula is C15H23N3O2S. The molecule has 0 amide bonds. The van der Waals surface area contributed by atoms with Crippen molar-refractivity contribution in [2.24, 2.45) is 0 Å². The molecule has 0 radical (unpaired) electrons. The molecule has 1 atom stereocenters. The molecule has 0 heterocycles. The van der Waals surface area contributed by atoms with Crippen molar-refractivity contribution in [1.82, 2.24) is 9.62 Å². The van der Waals surface area contributed by atoms with Gasteiger partial charge in [0, 0.05) is 32.4 Å². The van der Waals surface area contributed by atoms with E-state index in [1.165, 1.54) is 0 Å². The van der Waals surface area contributed by atoms with Gasteiger partial charge in [-0.3, -0.25) is 0 Å². The summed E-state index contributed by atoms with van der Waals surface area (Å²) in [6.45, 7) is 0.290. The molecule has 21 heavy (non-hydrogen) atoms. The minimum absolute atomic E-state index is 0.0474. The Morgan fingerprint density at radius 2 is 1.76 bits per heavy atom. The van der Waals surface area contributed by atoms with Crippen LogP contribution in [0.15, 0.2) is 24.3 Å². The molecule has 116 valence electrons. The molecule has 0 spiro atoms. The fraction of sp³-hybridized carbons (Fsp3) is 0.467. The summed E-state index contributed by atoms with van der Waals surface area (Å²) in [6.07, 6.45) is 5.05. The standard InChI is InChI=1S/C15H23N3O2S/c1-6-11-21(19,20)16-12-15(18(4)5)13-7-9-14(10-8-13)17(2)3/h1,7-10,15-16H,11-12H2,2-5H3. The summed E-state index contributed by atoms with van der Waals surface area (Å²) in [5, 5.41) is 0. The van der Waals surface area contributed by atoms with Gasteiger partial charge in [-0.25, -0.2) is 13.1 Å². The normalized spacial score (nSPS) is 13.0. The second-order valence-electron chi connectivity index (χ2n) is 5.28. The summed E-state index contributed by atoms with van der Waals surface area (Å²) in [4.78, 5) is 3.99. The maximum absolute atomic E-state index is 11.7. The third-order valence-electron chi connectivity index (χ3n) is 3.19. The number of benzene rings is 1. The molecule has 0 aliphatic rings. The number of rotatable bonds is 7. The highest BCUT2D eigenvalue weighted by molar-refractivity contribution is 7.89. The Labute approximate surface area is 128 Å². The average molecular weight is 309 g/mol. The van der Waals surface area contributed by atoms with E-state index in [1.807, 2.05) is 62.3 Å². The van der Waals surface area contributed by atoms with Gasteiger partial charge in [-0.1, -0.05) is 18.1 Å². The van der Waals surface area contributed by atoms with Crippen LogP contribution < -0.4 is 9.62 Å². The first-order valence-electron chi connectivity index (χ1n) is 6.61. The lowest BCUT2D eigenvalue weighted by molar-refractivity contribution is 0.299. The van der Waals surface area contributed by atoms with Crippen LogP contribution in [0, 0.1) is 12.3 Å². The summed E-state index contributed by atoms with van der Waals surface area (Å²) in [6, 6.07) is 8.00. The highest BCUT2D eigenvalue weighted by Gasteiger charge is 2.17. The highest BCUT2D eigenvalue weighted by Crippen LogP contribution is 2.21. The van der Waals surface area contributed by atoms with Crippen molar-refractivity contribution >= 4 is 15.7 Å². The summed E-state index contributed by atoms with van der Waals surface area (Å²) in [5.74, 6) is 1.85. The number of hydrogen-bond acceptors (Lipinski definition) is 4. The van der Waals surface area contributed by atoms with Crippen LogP contribution in [0.1, 0.15) is 11.6 Å². The minimum Gasteiger partial charge on any atom is -0.378 e. The first-order chi connectivity index (χ1) is 9.76. The molecule has 1 rings (SSSR count). The van der Waals surface area contributed by atoms with E-state index in [-0.39, 0.29) is 11.8 Å². The molecule has 0 bridgehead atoms. The summed E-state index contributed by atoms with van der Waals surface area (Å²) >= 11 is 0. The number of sulfonamides is 1. The second kappa shape index (κ2) is 7.46. The van der Waals surface area contributed by atoms with Crippen molar-refractivity contribution in [3.8, 4) is 12.3 Å². The molecule has 1 aromatic rings. The van der Waals surface area contributed by atoms with Gasteiger partial charge in [-0.2, -0.15) is 0 Å².